The van der Waals surface area contributed by atoms with Gasteiger partial charge in [-0.1, -0.05) is 0 Å². The molecule has 1 saturated heterocycles. The Balaban J connectivity index is 1.76. The Hall–Kier alpha value is -2.26. The lowest BCUT2D eigenvalue weighted by Gasteiger charge is -2.21. The molecule has 1 fully saturated rings. The standard InChI is InChI=1S/C16H16F2N2O4S/c17-13-5-4-12(11-14(13)18)25(22,23)20-7-2-6-19(8-9-20)16(21)15-3-1-10-24-15/h1,3-5,10-11H,2,6-9H2. The summed E-state index contributed by atoms with van der Waals surface area (Å²) in [4.78, 5) is 13.5. The predicted molar refractivity (Wildman–Crippen MR) is 84.3 cm³/mol. The van der Waals surface area contributed by atoms with Crippen molar-refractivity contribution < 1.29 is 26.4 Å². The van der Waals surface area contributed by atoms with Gasteiger partial charge in [-0.2, -0.15) is 4.31 Å². The maximum absolute atomic E-state index is 13.4. The van der Waals surface area contributed by atoms with Gasteiger partial charge in [-0.3, -0.25) is 4.79 Å². The summed E-state index contributed by atoms with van der Waals surface area (Å²) in [5.74, 6) is -2.44. The summed E-state index contributed by atoms with van der Waals surface area (Å²) in [5.41, 5.74) is 0. The summed E-state index contributed by atoms with van der Waals surface area (Å²) in [7, 11) is -3.96. The number of furan rings is 1. The van der Waals surface area contributed by atoms with Crippen molar-refractivity contribution in [1.29, 1.82) is 0 Å². The zero-order valence-electron chi connectivity index (χ0n) is 13.2. The van der Waals surface area contributed by atoms with Gasteiger partial charge in [0, 0.05) is 26.2 Å². The second-order valence-electron chi connectivity index (χ2n) is 5.60. The van der Waals surface area contributed by atoms with E-state index < -0.39 is 21.7 Å². The lowest BCUT2D eigenvalue weighted by Crippen LogP contribution is -2.37. The first-order valence-corrected chi connectivity index (χ1v) is 9.11. The molecule has 9 heteroatoms. The SMILES string of the molecule is O=C(c1ccco1)N1CCCN(S(=O)(=O)c2ccc(F)c(F)c2)CC1. The molecule has 0 saturated carbocycles. The summed E-state index contributed by atoms with van der Waals surface area (Å²) >= 11 is 0. The number of carbonyl (C=O) groups excluding carboxylic acids is 1. The fraction of sp³-hybridized carbons (Fsp3) is 0.312. The van der Waals surface area contributed by atoms with Crippen molar-refractivity contribution in [3.05, 3.63) is 54.0 Å². The maximum atomic E-state index is 13.4. The zero-order chi connectivity index (χ0) is 18.0. The van der Waals surface area contributed by atoms with Crippen LogP contribution in [0.25, 0.3) is 0 Å². The number of rotatable bonds is 3. The third-order valence-electron chi connectivity index (χ3n) is 4.00. The summed E-state index contributed by atoms with van der Waals surface area (Å²) in [6.45, 7) is 0.808. The van der Waals surface area contributed by atoms with Crippen molar-refractivity contribution in [1.82, 2.24) is 9.21 Å². The molecule has 2 heterocycles. The molecule has 134 valence electrons. The van der Waals surface area contributed by atoms with Crippen LogP contribution in [0, 0.1) is 11.6 Å². The van der Waals surface area contributed by atoms with E-state index in [2.05, 4.69) is 0 Å². The molecule has 0 bridgehead atoms. The number of hydrogen-bond acceptors (Lipinski definition) is 4. The molecule has 6 nitrogen and oxygen atoms in total. The van der Waals surface area contributed by atoms with E-state index in [0.29, 0.717) is 19.0 Å². The Kier molecular flexibility index (Phi) is 4.87. The molecule has 1 aromatic carbocycles. The van der Waals surface area contributed by atoms with Gasteiger partial charge in [0.05, 0.1) is 11.2 Å². The fourth-order valence-electron chi connectivity index (χ4n) is 2.68. The number of amides is 1. The van der Waals surface area contributed by atoms with Crippen molar-refractivity contribution in [2.75, 3.05) is 26.2 Å². The third kappa shape index (κ3) is 3.57. The third-order valence-corrected chi connectivity index (χ3v) is 5.90. The molecular weight excluding hydrogens is 354 g/mol. The first kappa shape index (κ1) is 17.6. The van der Waals surface area contributed by atoms with Gasteiger partial charge in [0.15, 0.2) is 17.4 Å². The van der Waals surface area contributed by atoms with Crippen LogP contribution in [0.15, 0.2) is 45.9 Å². The Bertz CT molecular complexity index is 868. The van der Waals surface area contributed by atoms with Gasteiger partial charge in [0.2, 0.25) is 10.0 Å². The van der Waals surface area contributed by atoms with Gasteiger partial charge in [-0.25, -0.2) is 17.2 Å². The lowest BCUT2D eigenvalue weighted by atomic mass is 10.3. The van der Waals surface area contributed by atoms with Crippen LogP contribution in [-0.4, -0.2) is 49.7 Å². The topological polar surface area (TPSA) is 70.8 Å². The van der Waals surface area contributed by atoms with Gasteiger partial charge >= 0.3 is 0 Å². The average molecular weight is 370 g/mol. The molecule has 1 aliphatic heterocycles. The molecule has 1 aliphatic rings. The van der Waals surface area contributed by atoms with Crippen molar-refractivity contribution in [2.24, 2.45) is 0 Å². The average Bonchev–Trinajstić information content (AvgIpc) is 3.00. The van der Waals surface area contributed by atoms with E-state index in [4.69, 9.17) is 4.42 Å². The van der Waals surface area contributed by atoms with Crippen LogP contribution >= 0.6 is 0 Å². The number of sulfonamides is 1. The van der Waals surface area contributed by atoms with E-state index in [-0.39, 0.29) is 36.2 Å². The molecule has 0 unspecified atom stereocenters. The van der Waals surface area contributed by atoms with Gasteiger partial charge in [-0.15, -0.1) is 0 Å². The molecule has 25 heavy (non-hydrogen) atoms. The van der Waals surface area contributed by atoms with Gasteiger partial charge in [-0.05, 0) is 36.8 Å². The molecular formula is C16H16F2N2O4S. The zero-order valence-corrected chi connectivity index (χ0v) is 14.0. The normalized spacial score (nSPS) is 16.6. The van der Waals surface area contributed by atoms with Crippen LogP contribution in [0.2, 0.25) is 0 Å². The maximum Gasteiger partial charge on any atom is 0.289 e. The number of benzene rings is 1. The lowest BCUT2D eigenvalue weighted by molar-refractivity contribution is 0.0732. The summed E-state index contributed by atoms with van der Waals surface area (Å²) < 4.78 is 57.9. The highest BCUT2D eigenvalue weighted by atomic mass is 32.2. The molecule has 2 aromatic rings. The smallest absolute Gasteiger partial charge is 0.289 e. The quantitative estimate of drug-likeness (QED) is 0.830. The Morgan fingerprint density at radius 1 is 1.04 bits per heavy atom. The van der Waals surface area contributed by atoms with Crippen molar-refractivity contribution in [2.45, 2.75) is 11.3 Å². The molecule has 0 spiro atoms. The van der Waals surface area contributed by atoms with Crippen molar-refractivity contribution >= 4 is 15.9 Å². The van der Waals surface area contributed by atoms with E-state index in [9.17, 15) is 22.0 Å². The molecule has 0 aliphatic carbocycles. The molecule has 3 rings (SSSR count). The van der Waals surface area contributed by atoms with Crippen molar-refractivity contribution in [3.63, 3.8) is 0 Å². The van der Waals surface area contributed by atoms with Crippen molar-refractivity contribution in [3.8, 4) is 0 Å². The first-order valence-electron chi connectivity index (χ1n) is 7.67. The first-order chi connectivity index (χ1) is 11.9. The van der Waals surface area contributed by atoms with Crippen LogP contribution in [0.1, 0.15) is 17.0 Å². The molecule has 1 aromatic heterocycles. The van der Waals surface area contributed by atoms with E-state index in [1.54, 1.807) is 12.1 Å². The molecule has 0 radical (unpaired) electrons. The number of halogens is 2. The minimum absolute atomic E-state index is 0.0633. The van der Waals surface area contributed by atoms with E-state index in [1.807, 2.05) is 0 Å². The second-order valence-corrected chi connectivity index (χ2v) is 7.54. The largest absolute Gasteiger partial charge is 0.459 e. The number of nitrogens with zero attached hydrogens (tertiary/aromatic N) is 2. The van der Waals surface area contributed by atoms with E-state index in [1.165, 1.54) is 15.5 Å². The van der Waals surface area contributed by atoms with Gasteiger partial charge in [0.25, 0.3) is 5.91 Å². The number of carbonyl (C=O) groups is 1. The Morgan fingerprint density at radius 2 is 1.84 bits per heavy atom. The Morgan fingerprint density at radius 3 is 2.52 bits per heavy atom. The van der Waals surface area contributed by atoms with Crippen LogP contribution in [0.4, 0.5) is 8.78 Å². The second kappa shape index (κ2) is 6.93. The van der Waals surface area contributed by atoms with Gasteiger partial charge < -0.3 is 9.32 Å². The highest BCUT2D eigenvalue weighted by Gasteiger charge is 2.29. The summed E-state index contributed by atoms with van der Waals surface area (Å²) in [6, 6.07) is 5.63. The predicted octanol–water partition coefficient (Wildman–Crippen LogP) is 2.09. The fourth-order valence-corrected chi connectivity index (χ4v) is 4.16. The highest BCUT2D eigenvalue weighted by molar-refractivity contribution is 7.89. The summed E-state index contributed by atoms with van der Waals surface area (Å²) in [6.07, 6.45) is 1.82. The van der Waals surface area contributed by atoms with Gasteiger partial charge in [0.1, 0.15) is 0 Å². The van der Waals surface area contributed by atoms with E-state index in [0.717, 1.165) is 12.1 Å². The Labute approximate surface area is 143 Å². The highest BCUT2D eigenvalue weighted by Crippen LogP contribution is 2.20. The van der Waals surface area contributed by atoms with E-state index >= 15 is 0 Å². The number of hydrogen-bond donors (Lipinski definition) is 0. The van der Waals surface area contributed by atoms with Crippen LogP contribution in [-0.2, 0) is 10.0 Å². The monoisotopic (exact) mass is 370 g/mol. The molecule has 0 N–H and O–H groups in total. The van der Waals surface area contributed by atoms with Crippen LogP contribution in [0.5, 0.6) is 0 Å². The summed E-state index contributed by atoms with van der Waals surface area (Å²) in [5, 5.41) is 0. The van der Waals surface area contributed by atoms with Crippen LogP contribution in [0.3, 0.4) is 0 Å². The minimum atomic E-state index is -3.96. The van der Waals surface area contributed by atoms with Crippen LogP contribution < -0.4 is 0 Å². The minimum Gasteiger partial charge on any atom is -0.459 e. The molecule has 0 atom stereocenters. The molecule has 1 amide bonds.